The minimum atomic E-state index is 0.363. The van der Waals surface area contributed by atoms with Crippen molar-refractivity contribution in [3.63, 3.8) is 0 Å². The van der Waals surface area contributed by atoms with Crippen LogP contribution in [0.3, 0.4) is 0 Å². The molecule has 0 N–H and O–H groups in total. The third-order valence-corrected chi connectivity index (χ3v) is 3.61. The van der Waals surface area contributed by atoms with Gasteiger partial charge in [0.1, 0.15) is 0 Å². The predicted octanol–water partition coefficient (Wildman–Crippen LogP) is 5.44. The molecule has 0 radical (unpaired) electrons. The number of nitrogens with zero attached hydrogens (tertiary/aromatic N) is 1. The van der Waals surface area contributed by atoms with Crippen LogP contribution in [0.15, 0.2) is 36.5 Å². The highest BCUT2D eigenvalue weighted by atomic mass is 14.7. The van der Waals surface area contributed by atoms with Crippen LogP contribution in [0.1, 0.15) is 61.6 Å². The van der Waals surface area contributed by atoms with Gasteiger partial charge in [0, 0.05) is 12.1 Å². The second-order valence-corrected chi connectivity index (χ2v) is 4.98. The second-order valence-electron chi connectivity index (χ2n) is 4.98. The van der Waals surface area contributed by atoms with Crippen LogP contribution in [0, 0.1) is 13.8 Å². The van der Waals surface area contributed by atoms with Crippen LogP contribution in [0.25, 0.3) is 0 Å². The molecule has 0 aliphatic heterocycles. The number of hydrogen-bond donors (Lipinski definition) is 0. The zero-order valence-corrected chi connectivity index (χ0v) is 13.7. The van der Waals surface area contributed by atoms with Gasteiger partial charge in [0.25, 0.3) is 0 Å². The summed E-state index contributed by atoms with van der Waals surface area (Å²) in [5.74, 6) is 0.363. The number of aromatic nitrogens is 1. The lowest BCUT2D eigenvalue weighted by atomic mass is 9.89. The van der Waals surface area contributed by atoms with E-state index in [1.807, 2.05) is 26.1 Å². The topological polar surface area (TPSA) is 12.9 Å². The minimum Gasteiger partial charge on any atom is -0.260 e. The third kappa shape index (κ3) is 3.69. The van der Waals surface area contributed by atoms with Gasteiger partial charge in [0.2, 0.25) is 0 Å². The Hall–Kier alpha value is -1.63. The van der Waals surface area contributed by atoms with Gasteiger partial charge in [-0.1, -0.05) is 57.5 Å². The molecule has 1 heterocycles. The summed E-state index contributed by atoms with van der Waals surface area (Å²) in [7, 11) is 0. The van der Waals surface area contributed by atoms with Gasteiger partial charge >= 0.3 is 0 Å². The summed E-state index contributed by atoms with van der Waals surface area (Å²) in [6, 6.07) is 10.9. The van der Waals surface area contributed by atoms with Crippen molar-refractivity contribution in [3.05, 3.63) is 64.5 Å². The van der Waals surface area contributed by atoms with Crippen LogP contribution in [-0.2, 0) is 6.42 Å². The van der Waals surface area contributed by atoms with Crippen LogP contribution in [-0.4, -0.2) is 4.98 Å². The Morgan fingerprint density at radius 3 is 2.40 bits per heavy atom. The molecular weight excluding hydrogens is 242 g/mol. The molecule has 0 aliphatic carbocycles. The van der Waals surface area contributed by atoms with Gasteiger partial charge < -0.3 is 0 Å². The maximum Gasteiger partial charge on any atom is 0.0507 e. The molecule has 0 amide bonds. The van der Waals surface area contributed by atoms with E-state index < -0.39 is 0 Å². The maximum absolute atomic E-state index is 4.59. The van der Waals surface area contributed by atoms with Gasteiger partial charge in [-0.05, 0) is 43.0 Å². The third-order valence-electron chi connectivity index (χ3n) is 3.61. The van der Waals surface area contributed by atoms with Crippen molar-refractivity contribution >= 4 is 0 Å². The molecule has 108 valence electrons. The van der Waals surface area contributed by atoms with Crippen molar-refractivity contribution < 1.29 is 0 Å². The molecular formula is C19H27N. The Balaban J connectivity index is 0.000000956. The van der Waals surface area contributed by atoms with Crippen LogP contribution >= 0.6 is 0 Å². The predicted molar refractivity (Wildman–Crippen MR) is 88.4 cm³/mol. The van der Waals surface area contributed by atoms with E-state index in [-0.39, 0.29) is 0 Å². The van der Waals surface area contributed by atoms with Gasteiger partial charge in [-0.15, -0.1) is 0 Å². The van der Waals surface area contributed by atoms with Crippen LogP contribution in [0.5, 0.6) is 0 Å². The highest BCUT2D eigenvalue weighted by molar-refractivity contribution is 5.39. The average Bonchev–Trinajstić information content (AvgIpc) is 2.48. The lowest BCUT2D eigenvalue weighted by Gasteiger charge is -2.17. The summed E-state index contributed by atoms with van der Waals surface area (Å²) in [5, 5.41) is 0. The number of pyridine rings is 1. The van der Waals surface area contributed by atoms with Crippen molar-refractivity contribution in [2.75, 3.05) is 0 Å². The van der Waals surface area contributed by atoms with E-state index in [1.54, 1.807) is 0 Å². The Bertz CT molecular complexity index is 543. The van der Waals surface area contributed by atoms with Gasteiger partial charge in [-0.3, -0.25) is 4.98 Å². The summed E-state index contributed by atoms with van der Waals surface area (Å²) >= 11 is 0. The molecule has 2 rings (SSSR count). The Morgan fingerprint density at radius 2 is 1.80 bits per heavy atom. The lowest BCUT2D eigenvalue weighted by molar-refractivity contribution is 0.834. The average molecular weight is 269 g/mol. The van der Waals surface area contributed by atoms with Crippen molar-refractivity contribution in [1.29, 1.82) is 0 Å². The normalized spacial score (nSPS) is 11.5. The SMILES string of the molecule is CC.CCc1cccnc1C(C)c1ccc(C)cc1C. The van der Waals surface area contributed by atoms with Crippen molar-refractivity contribution in [2.45, 2.75) is 53.9 Å². The molecule has 1 aromatic carbocycles. The number of rotatable bonds is 3. The fourth-order valence-electron chi connectivity index (χ4n) is 2.60. The van der Waals surface area contributed by atoms with E-state index in [2.05, 4.69) is 56.9 Å². The molecule has 0 saturated heterocycles. The fourth-order valence-corrected chi connectivity index (χ4v) is 2.60. The first-order chi connectivity index (χ1) is 9.63. The van der Waals surface area contributed by atoms with Gasteiger partial charge in [-0.2, -0.15) is 0 Å². The van der Waals surface area contributed by atoms with E-state index in [1.165, 1.54) is 27.9 Å². The number of hydrogen-bond acceptors (Lipinski definition) is 1. The highest BCUT2D eigenvalue weighted by Gasteiger charge is 2.14. The first-order valence-electron chi connectivity index (χ1n) is 7.64. The van der Waals surface area contributed by atoms with E-state index in [9.17, 15) is 0 Å². The zero-order valence-electron chi connectivity index (χ0n) is 13.7. The largest absolute Gasteiger partial charge is 0.260 e. The van der Waals surface area contributed by atoms with Gasteiger partial charge in [0.05, 0.1) is 5.69 Å². The Labute approximate surface area is 124 Å². The summed E-state index contributed by atoms with van der Waals surface area (Å²) in [6.07, 6.45) is 2.94. The smallest absolute Gasteiger partial charge is 0.0507 e. The van der Waals surface area contributed by atoms with E-state index in [4.69, 9.17) is 0 Å². The fraction of sp³-hybridized carbons (Fsp3) is 0.421. The molecule has 20 heavy (non-hydrogen) atoms. The standard InChI is InChI=1S/C17H21N.C2H6/c1-5-15-7-6-10-18-17(15)14(4)16-9-8-12(2)11-13(16)3;1-2/h6-11,14H,5H2,1-4H3;1-2H3. The van der Waals surface area contributed by atoms with E-state index in [0.717, 1.165) is 6.42 Å². The highest BCUT2D eigenvalue weighted by Crippen LogP contribution is 2.28. The molecule has 0 spiro atoms. The molecule has 0 fully saturated rings. The number of benzene rings is 1. The van der Waals surface area contributed by atoms with Crippen molar-refractivity contribution in [2.24, 2.45) is 0 Å². The lowest BCUT2D eigenvalue weighted by Crippen LogP contribution is -2.05. The Kier molecular flexibility index (Phi) is 6.44. The molecule has 0 aliphatic rings. The molecule has 1 heteroatoms. The van der Waals surface area contributed by atoms with Crippen LogP contribution in [0.2, 0.25) is 0 Å². The molecule has 0 saturated carbocycles. The zero-order chi connectivity index (χ0) is 15.1. The summed E-state index contributed by atoms with van der Waals surface area (Å²) < 4.78 is 0. The second kappa shape index (κ2) is 7.84. The summed E-state index contributed by atoms with van der Waals surface area (Å²) in [6.45, 7) is 12.8. The van der Waals surface area contributed by atoms with Crippen molar-refractivity contribution in [3.8, 4) is 0 Å². The Morgan fingerprint density at radius 1 is 1.10 bits per heavy atom. The quantitative estimate of drug-likeness (QED) is 0.723. The van der Waals surface area contributed by atoms with Gasteiger partial charge in [-0.25, -0.2) is 0 Å². The maximum atomic E-state index is 4.59. The molecule has 2 aromatic rings. The van der Waals surface area contributed by atoms with E-state index in [0.29, 0.717) is 5.92 Å². The van der Waals surface area contributed by atoms with Crippen LogP contribution in [0.4, 0.5) is 0 Å². The monoisotopic (exact) mass is 269 g/mol. The first kappa shape index (κ1) is 16.4. The summed E-state index contributed by atoms with van der Waals surface area (Å²) in [4.78, 5) is 4.59. The van der Waals surface area contributed by atoms with Crippen LogP contribution < -0.4 is 0 Å². The number of aryl methyl sites for hydroxylation is 3. The van der Waals surface area contributed by atoms with E-state index >= 15 is 0 Å². The first-order valence-corrected chi connectivity index (χ1v) is 7.64. The molecule has 1 nitrogen and oxygen atoms in total. The minimum absolute atomic E-state index is 0.363. The van der Waals surface area contributed by atoms with Gasteiger partial charge in [0.15, 0.2) is 0 Å². The molecule has 0 bridgehead atoms. The molecule has 1 atom stereocenters. The molecule has 1 aromatic heterocycles. The summed E-state index contributed by atoms with van der Waals surface area (Å²) in [5.41, 5.74) is 6.63. The van der Waals surface area contributed by atoms with Crippen molar-refractivity contribution in [1.82, 2.24) is 4.98 Å². The molecule has 1 unspecified atom stereocenters.